The van der Waals surface area contributed by atoms with Gasteiger partial charge in [0.25, 0.3) is 0 Å². The summed E-state index contributed by atoms with van der Waals surface area (Å²) in [5, 5.41) is 12.7. The second-order valence-electron chi connectivity index (χ2n) is 2.90. The number of halogens is 2. The molecule has 2 aromatic heterocycles. The molecule has 0 aromatic carbocycles. The zero-order chi connectivity index (χ0) is 10.3. The van der Waals surface area contributed by atoms with Gasteiger partial charge in [-0.2, -0.15) is 9.49 Å². The summed E-state index contributed by atoms with van der Waals surface area (Å²) in [6.45, 7) is 1.55. The Balaban J connectivity index is 2.69. The third-order valence-corrected chi connectivity index (χ3v) is 2.08. The summed E-state index contributed by atoms with van der Waals surface area (Å²) in [4.78, 5) is 3.89. The zero-order valence-electron chi connectivity index (χ0n) is 7.28. The molecular weight excluding hydrogens is 209 g/mol. The average Bonchev–Trinajstić information content (AvgIpc) is 2.43. The van der Waals surface area contributed by atoms with Crippen molar-refractivity contribution in [3.05, 3.63) is 28.9 Å². The van der Waals surface area contributed by atoms with E-state index in [0.29, 0.717) is 5.69 Å². The van der Waals surface area contributed by atoms with Crippen LogP contribution in [0.1, 0.15) is 18.7 Å². The molecule has 0 amide bonds. The van der Waals surface area contributed by atoms with Crippen LogP contribution < -0.4 is 0 Å². The minimum Gasteiger partial charge on any atom is -0.387 e. The lowest BCUT2D eigenvalue weighted by Crippen LogP contribution is -1.99. The standard InChI is InChI=1S/C8H7ClFN3O/c1-4(14)5-2-3-13-8(11-5)6(10)7(9)12-13/h2-4,14H,1H3. The van der Waals surface area contributed by atoms with Crippen molar-refractivity contribution >= 4 is 17.2 Å². The van der Waals surface area contributed by atoms with E-state index in [2.05, 4.69) is 10.1 Å². The Hall–Kier alpha value is -1.20. The smallest absolute Gasteiger partial charge is 0.206 e. The van der Waals surface area contributed by atoms with Crippen molar-refractivity contribution < 1.29 is 9.50 Å². The van der Waals surface area contributed by atoms with Gasteiger partial charge in [-0.05, 0) is 13.0 Å². The van der Waals surface area contributed by atoms with Crippen LogP contribution in [0.25, 0.3) is 5.65 Å². The minimum atomic E-state index is -0.743. The number of hydrogen-bond acceptors (Lipinski definition) is 3. The van der Waals surface area contributed by atoms with Gasteiger partial charge in [0.2, 0.25) is 5.82 Å². The van der Waals surface area contributed by atoms with Gasteiger partial charge in [0.15, 0.2) is 10.8 Å². The van der Waals surface area contributed by atoms with Gasteiger partial charge in [-0.1, -0.05) is 11.6 Å². The van der Waals surface area contributed by atoms with Crippen LogP contribution in [0.4, 0.5) is 4.39 Å². The van der Waals surface area contributed by atoms with E-state index in [1.54, 1.807) is 13.0 Å². The maximum absolute atomic E-state index is 13.2. The Morgan fingerprint density at radius 2 is 2.36 bits per heavy atom. The molecule has 0 aliphatic carbocycles. The molecule has 4 nitrogen and oxygen atoms in total. The highest BCUT2D eigenvalue weighted by atomic mass is 35.5. The van der Waals surface area contributed by atoms with Crippen molar-refractivity contribution in [3.8, 4) is 0 Å². The lowest BCUT2D eigenvalue weighted by Gasteiger charge is -2.02. The first kappa shape index (κ1) is 9.36. The number of fused-ring (bicyclic) bond motifs is 1. The fourth-order valence-corrected chi connectivity index (χ4v) is 1.29. The third-order valence-electron chi connectivity index (χ3n) is 1.84. The fourth-order valence-electron chi connectivity index (χ4n) is 1.12. The first-order valence-corrected chi connectivity index (χ1v) is 4.35. The van der Waals surface area contributed by atoms with Gasteiger partial charge in [-0.15, -0.1) is 0 Å². The Morgan fingerprint density at radius 1 is 1.64 bits per heavy atom. The molecule has 0 radical (unpaired) electrons. The molecular formula is C8H7ClFN3O. The highest BCUT2D eigenvalue weighted by molar-refractivity contribution is 6.29. The van der Waals surface area contributed by atoms with E-state index in [-0.39, 0.29) is 10.8 Å². The lowest BCUT2D eigenvalue weighted by molar-refractivity contribution is 0.194. The van der Waals surface area contributed by atoms with Gasteiger partial charge < -0.3 is 5.11 Å². The second kappa shape index (κ2) is 3.18. The predicted octanol–water partition coefficient (Wildman–Crippen LogP) is 1.58. The van der Waals surface area contributed by atoms with Crippen LogP contribution in [0.3, 0.4) is 0 Å². The second-order valence-corrected chi connectivity index (χ2v) is 3.26. The van der Waals surface area contributed by atoms with E-state index in [1.165, 1.54) is 10.7 Å². The molecule has 1 unspecified atom stereocenters. The zero-order valence-corrected chi connectivity index (χ0v) is 8.03. The lowest BCUT2D eigenvalue weighted by atomic mass is 10.3. The van der Waals surface area contributed by atoms with Crippen LogP contribution in [0.2, 0.25) is 5.15 Å². The molecule has 0 saturated heterocycles. The maximum atomic E-state index is 13.2. The van der Waals surface area contributed by atoms with Crippen LogP contribution in [0, 0.1) is 5.82 Å². The number of nitrogens with zero attached hydrogens (tertiary/aromatic N) is 3. The number of rotatable bonds is 1. The molecule has 74 valence electrons. The van der Waals surface area contributed by atoms with Gasteiger partial charge in [0, 0.05) is 6.20 Å². The van der Waals surface area contributed by atoms with Crippen molar-refractivity contribution in [3.63, 3.8) is 0 Å². The summed E-state index contributed by atoms with van der Waals surface area (Å²) < 4.78 is 14.5. The summed E-state index contributed by atoms with van der Waals surface area (Å²) in [5.74, 6) is -0.672. The first-order chi connectivity index (χ1) is 6.59. The predicted molar refractivity (Wildman–Crippen MR) is 48.6 cm³/mol. The van der Waals surface area contributed by atoms with Crippen molar-refractivity contribution in [1.29, 1.82) is 0 Å². The fraction of sp³-hybridized carbons (Fsp3) is 0.250. The number of aliphatic hydroxyl groups is 1. The van der Waals surface area contributed by atoms with Crippen molar-refractivity contribution in [2.45, 2.75) is 13.0 Å². The van der Waals surface area contributed by atoms with Crippen LogP contribution >= 0.6 is 11.6 Å². The summed E-state index contributed by atoms with van der Waals surface area (Å²) in [7, 11) is 0. The molecule has 14 heavy (non-hydrogen) atoms. The molecule has 2 heterocycles. The molecule has 1 N–H and O–H groups in total. The normalized spacial score (nSPS) is 13.4. The van der Waals surface area contributed by atoms with E-state index in [4.69, 9.17) is 11.6 Å². The Bertz CT molecular complexity index is 483. The molecule has 0 saturated carbocycles. The Kier molecular flexibility index (Phi) is 2.13. The van der Waals surface area contributed by atoms with Crippen LogP contribution in [0.15, 0.2) is 12.3 Å². The Labute approximate surface area is 84.0 Å². The quantitative estimate of drug-likeness (QED) is 0.786. The number of hydrogen-bond donors (Lipinski definition) is 1. The van der Waals surface area contributed by atoms with Crippen LogP contribution in [-0.2, 0) is 0 Å². The van der Waals surface area contributed by atoms with Gasteiger partial charge >= 0.3 is 0 Å². The average molecular weight is 216 g/mol. The molecule has 0 aliphatic heterocycles. The van der Waals surface area contributed by atoms with Gasteiger partial charge in [0.05, 0.1) is 11.8 Å². The first-order valence-electron chi connectivity index (χ1n) is 3.98. The molecule has 0 aliphatic rings. The monoisotopic (exact) mass is 215 g/mol. The van der Waals surface area contributed by atoms with E-state index in [9.17, 15) is 9.50 Å². The van der Waals surface area contributed by atoms with Crippen molar-refractivity contribution in [2.75, 3.05) is 0 Å². The molecule has 6 heteroatoms. The van der Waals surface area contributed by atoms with Crippen LogP contribution in [-0.4, -0.2) is 19.7 Å². The SMILES string of the molecule is CC(O)c1ccn2nc(Cl)c(F)c2n1. The van der Waals surface area contributed by atoms with E-state index >= 15 is 0 Å². The highest BCUT2D eigenvalue weighted by Gasteiger charge is 2.13. The summed E-state index contributed by atoms with van der Waals surface area (Å²) >= 11 is 5.47. The Morgan fingerprint density at radius 3 is 3.00 bits per heavy atom. The van der Waals surface area contributed by atoms with Crippen molar-refractivity contribution in [1.82, 2.24) is 14.6 Å². The van der Waals surface area contributed by atoms with E-state index in [1.807, 2.05) is 0 Å². The highest BCUT2D eigenvalue weighted by Crippen LogP contribution is 2.18. The van der Waals surface area contributed by atoms with Crippen LogP contribution in [0.5, 0.6) is 0 Å². The molecule has 0 spiro atoms. The molecule has 0 bridgehead atoms. The summed E-state index contributed by atoms with van der Waals surface area (Å²) in [6.07, 6.45) is 0.757. The number of aromatic nitrogens is 3. The minimum absolute atomic E-state index is 0.0217. The third kappa shape index (κ3) is 1.34. The van der Waals surface area contributed by atoms with E-state index < -0.39 is 11.9 Å². The molecule has 0 fully saturated rings. The molecule has 2 aromatic rings. The largest absolute Gasteiger partial charge is 0.387 e. The number of aliphatic hydroxyl groups excluding tert-OH is 1. The van der Waals surface area contributed by atoms with E-state index in [0.717, 1.165) is 0 Å². The molecule has 2 rings (SSSR count). The molecule has 1 atom stereocenters. The topological polar surface area (TPSA) is 50.4 Å². The van der Waals surface area contributed by atoms with Crippen molar-refractivity contribution in [2.24, 2.45) is 0 Å². The maximum Gasteiger partial charge on any atom is 0.206 e. The van der Waals surface area contributed by atoms with Gasteiger partial charge in [0.1, 0.15) is 0 Å². The summed E-state index contributed by atoms with van der Waals surface area (Å²) in [6, 6.07) is 1.56. The summed E-state index contributed by atoms with van der Waals surface area (Å²) in [5.41, 5.74) is 0.404. The van der Waals surface area contributed by atoms with Gasteiger partial charge in [-0.3, -0.25) is 0 Å². The van der Waals surface area contributed by atoms with Gasteiger partial charge in [-0.25, -0.2) is 9.50 Å².